The third kappa shape index (κ3) is 45.3. The Labute approximate surface area is 490 Å². The van der Waals surface area contributed by atoms with E-state index in [9.17, 15) is 34.5 Å². The van der Waals surface area contributed by atoms with E-state index in [0.29, 0.717) is 19.3 Å². The minimum absolute atomic E-state index is 0.0131. The van der Waals surface area contributed by atoms with Crippen LogP contribution in [0.2, 0.25) is 0 Å². The van der Waals surface area contributed by atoms with Crippen molar-refractivity contribution in [3.05, 3.63) is 122 Å². The van der Waals surface area contributed by atoms with Gasteiger partial charge >= 0.3 is 23.9 Å². The van der Waals surface area contributed by atoms with E-state index in [2.05, 4.69) is 142 Å². The molecule has 6 atom stereocenters. The lowest BCUT2D eigenvalue weighted by molar-refractivity contribution is -0.301. The van der Waals surface area contributed by atoms with E-state index in [4.69, 9.17) is 23.7 Å². The van der Waals surface area contributed by atoms with Gasteiger partial charge in [-0.1, -0.05) is 213 Å². The van der Waals surface area contributed by atoms with Crippen LogP contribution in [-0.4, -0.2) is 89.2 Å². The number of carbonyl (C=O) groups is 4. The molecule has 1 heterocycles. The van der Waals surface area contributed by atoms with Gasteiger partial charge in [0.2, 0.25) is 0 Å². The predicted molar refractivity (Wildman–Crippen MR) is 330 cm³/mol. The summed E-state index contributed by atoms with van der Waals surface area (Å²) in [4.78, 5) is 51.3. The van der Waals surface area contributed by atoms with Crippen LogP contribution < -0.4 is 0 Å². The Hall–Kier alpha value is -4.88. The van der Waals surface area contributed by atoms with Crippen molar-refractivity contribution < 1.29 is 58.2 Å². The van der Waals surface area contributed by atoms with E-state index in [-0.39, 0.29) is 25.9 Å². The van der Waals surface area contributed by atoms with Crippen LogP contribution in [0.5, 0.6) is 0 Å². The molecule has 0 aromatic rings. The number of unbranched alkanes of at least 4 members (excludes halogenated alkanes) is 18. The highest BCUT2D eigenvalue weighted by atomic mass is 16.7. The zero-order valence-corrected chi connectivity index (χ0v) is 50.5. The van der Waals surface area contributed by atoms with Crippen LogP contribution in [0, 0.1) is 0 Å². The van der Waals surface area contributed by atoms with Crippen molar-refractivity contribution in [2.24, 2.45) is 0 Å². The number of hydrogen-bond donors (Lipinski definition) is 3. The number of carbonyl (C=O) groups excluding carboxylic acids is 3. The van der Waals surface area contributed by atoms with Gasteiger partial charge < -0.3 is 39.0 Å². The van der Waals surface area contributed by atoms with Crippen LogP contribution in [0.1, 0.15) is 239 Å². The third-order valence-corrected chi connectivity index (χ3v) is 13.5. The van der Waals surface area contributed by atoms with Gasteiger partial charge in [0.1, 0.15) is 18.8 Å². The Balaban J connectivity index is 2.70. The molecule has 0 amide bonds. The average molecular weight is 1130 g/mol. The number of hydrogen-bond acceptors (Lipinski definition) is 11. The topological polar surface area (TPSA) is 175 Å². The van der Waals surface area contributed by atoms with Gasteiger partial charge in [0.15, 0.2) is 24.6 Å². The molecule has 12 nitrogen and oxygen atoms in total. The first-order valence-corrected chi connectivity index (χ1v) is 31.5. The Morgan fingerprint density at radius 1 is 0.420 bits per heavy atom. The summed E-state index contributed by atoms with van der Waals surface area (Å²) in [5.41, 5.74) is 0. The number of aliphatic hydroxyl groups is 2. The molecule has 0 saturated carbocycles. The minimum Gasteiger partial charge on any atom is -0.479 e. The van der Waals surface area contributed by atoms with Crippen LogP contribution in [0.15, 0.2) is 122 Å². The quantitative estimate of drug-likeness (QED) is 0.0228. The molecule has 1 rings (SSSR count). The summed E-state index contributed by atoms with van der Waals surface area (Å²) >= 11 is 0. The summed E-state index contributed by atoms with van der Waals surface area (Å²) in [6.07, 6.45) is 64.4. The maximum absolute atomic E-state index is 13.2. The van der Waals surface area contributed by atoms with Crippen LogP contribution in [0.3, 0.4) is 0 Å². The second-order valence-electron chi connectivity index (χ2n) is 20.9. The fourth-order valence-corrected chi connectivity index (χ4v) is 8.73. The van der Waals surface area contributed by atoms with Gasteiger partial charge in [-0.25, -0.2) is 4.79 Å². The lowest BCUT2D eigenvalue weighted by Gasteiger charge is -2.40. The number of carboxylic acids is 1. The Morgan fingerprint density at radius 2 is 0.778 bits per heavy atom. The highest BCUT2D eigenvalue weighted by Gasteiger charge is 2.50. The van der Waals surface area contributed by atoms with Gasteiger partial charge in [0.25, 0.3) is 0 Å². The molecule has 0 aromatic carbocycles. The summed E-state index contributed by atoms with van der Waals surface area (Å²) in [6.45, 7) is 5.72. The Morgan fingerprint density at radius 3 is 1.21 bits per heavy atom. The molecule has 0 radical (unpaired) electrons. The number of rotatable bonds is 52. The first-order valence-electron chi connectivity index (χ1n) is 31.5. The number of carboxylic acid groups (broad SMARTS) is 1. The van der Waals surface area contributed by atoms with Gasteiger partial charge in [-0.3, -0.25) is 14.4 Å². The van der Waals surface area contributed by atoms with Crippen molar-refractivity contribution >= 4 is 23.9 Å². The van der Waals surface area contributed by atoms with E-state index >= 15 is 0 Å². The van der Waals surface area contributed by atoms with Crippen LogP contribution in [-0.2, 0) is 42.9 Å². The molecule has 12 heteroatoms. The molecule has 81 heavy (non-hydrogen) atoms. The van der Waals surface area contributed by atoms with Crippen molar-refractivity contribution in [1.29, 1.82) is 0 Å². The number of ether oxygens (including phenoxy) is 5. The monoisotopic (exact) mass is 1130 g/mol. The lowest BCUT2D eigenvalue weighted by atomic mass is 9.98. The molecule has 1 fully saturated rings. The van der Waals surface area contributed by atoms with Gasteiger partial charge in [-0.05, 0) is 128 Å². The molecule has 0 bridgehead atoms. The van der Waals surface area contributed by atoms with Gasteiger partial charge in [-0.15, -0.1) is 0 Å². The van der Waals surface area contributed by atoms with E-state index in [0.717, 1.165) is 154 Å². The highest BCUT2D eigenvalue weighted by molar-refractivity contribution is 5.74. The third-order valence-electron chi connectivity index (χ3n) is 13.5. The van der Waals surface area contributed by atoms with E-state index in [1.165, 1.54) is 25.7 Å². The van der Waals surface area contributed by atoms with E-state index in [1.807, 2.05) is 0 Å². The molecule has 0 aromatic heterocycles. The number of esters is 3. The van der Waals surface area contributed by atoms with Gasteiger partial charge in [0, 0.05) is 19.3 Å². The molecule has 6 unspecified atom stereocenters. The molecular formula is C69H110O12. The summed E-state index contributed by atoms with van der Waals surface area (Å²) in [6, 6.07) is 0. The largest absolute Gasteiger partial charge is 0.479 e. The maximum Gasteiger partial charge on any atom is 0.335 e. The van der Waals surface area contributed by atoms with E-state index in [1.54, 1.807) is 0 Å². The summed E-state index contributed by atoms with van der Waals surface area (Å²) in [5.74, 6) is -3.20. The molecule has 458 valence electrons. The normalized spacial score (nSPS) is 18.6. The second kappa shape index (κ2) is 55.6. The summed E-state index contributed by atoms with van der Waals surface area (Å²) in [7, 11) is 0. The smallest absolute Gasteiger partial charge is 0.335 e. The number of aliphatic hydroxyl groups excluding tert-OH is 2. The average Bonchev–Trinajstić information content (AvgIpc) is 3.54. The fraction of sp³-hybridized carbons (Fsp3) is 0.652. The first-order chi connectivity index (χ1) is 39.6. The lowest BCUT2D eigenvalue weighted by Crippen LogP contribution is -2.61. The standard InChI is InChI=1S/C69H110O12/c1-4-7-10-13-16-19-22-25-27-29-31-33-35-38-40-43-46-49-52-55-61(70)77-58-60(79-62(71)56-53-50-47-44-41-37-24-21-18-15-12-9-6-3)59-78-69-67(65(74)64(73)66(81-69)68(75)76)80-63(72)57-54-51-48-45-42-39-36-34-32-30-28-26-23-20-17-14-11-8-5-2/h7-8,10-11,16-17,19-21,24-28,31-34,39,42,60,64-67,69,73-74H,4-6,9,12-15,18,22-23,29-30,35-38,40-41,43-59H2,1-3H3,(H,75,76)/b10-7-,11-8-,19-16-,20-17-,24-21-,27-25-,28-26-,33-31-,34-32-,42-39-. The van der Waals surface area contributed by atoms with Crippen molar-refractivity contribution in [2.45, 2.75) is 276 Å². The molecular weight excluding hydrogens is 1020 g/mol. The van der Waals surface area contributed by atoms with E-state index < -0.39 is 67.3 Å². The number of aliphatic carboxylic acids is 1. The molecule has 3 N–H and O–H groups in total. The highest BCUT2D eigenvalue weighted by Crippen LogP contribution is 2.26. The van der Waals surface area contributed by atoms with Crippen molar-refractivity contribution in [2.75, 3.05) is 13.2 Å². The van der Waals surface area contributed by atoms with Crippen molar-refractivity contribution in [3.63, 3.8) is 0 Å². The predicted octanol–water partition coefficient (Wildman–Crippen LogP) is 16.8. The Kier molecular flexibility index (Phi) is 50.9. The zero-order valence-electron chi connectivity index (χ0n) is 50.5. The first kappa shape index (κ1) is 74.1. The molecule has 1 aliphatic rings. The van der Waals surface area contributed by atoms with Gasteiger partial charge in [0.05, 0.1) is 6.61 Å². The summed E-state index contributed by atoms with van der Waals surface area (Å²) < 4.78 is 28.4. The Bertz CT molecular complexity index is 1870. The fourth-order valence-electron chi connectivity index (χ4n) is 8.73. The zero-order chi connectivity index (χ0) is 58.9. The number of allylic oxidation sites excluding steroid dienone is 20. The van der Waals surface area contributed by atoms with Crippen LogP contribution >= 0.6 is 0 Å². The minimum atomic E-state index is -1.92. The van der Waals surface area contributed by atoms with Crippen molar-refractivity contribution in [3.8, 4) is 0 Å². The molecule has 0 spiro atoms. The summed E-state index contributed by atoms with van der Waals surface area (Å²) in [5, 5.41) is 31.6. The maximum atomic E-state index is 13.2. The molecule has 0 aliphatic carbocycles. The molecule has 1 saturated heterocycles. The SMILES string of the molecule is CC/C=C\C/C=C\C/C=C\C/C=C\C/C=C\CCCCCC(=O)OC1C(OCC(COC(=O)CCCCCCCC/C=C\C/C=C\C/C=C\C/C=C\CC)OC(=O)CCCCCCC/C=C\CCCCCC)OC(C(=O)O)C(O)C1O. The van der Waals surface area contributed by atoms with Crippen molar-refractivity contribution in [1.82, 2.24) is 0 Å². The second-order valence-corrected chi connectivity index (χ2v) is 20.9. The van der Waals surface area contributed by atoms with Gasteiger partial charge in [-0.2, -0.15) is 0 Å². The molecule has 1 aliphatic heterocycles. The van der Waals surface area contributed by atoms with Crippen LogP contribution in [0.4, 0.5) is 0 Å². The van der Waals surface area contributed by atoms with Crippen LogP contribution in [0.25, 0.3) is 0 Å².